The summed E-state index contributed by atoms with van der Waals surface area (Å²) in [5.74, 6) is 0.902. The molecular weight excluding hydrogens is 344 g/mol. The molecule has 10 heteroatoms. The van der Waals surface area contributed by atoms with Crippen LogP contribution in [-0.2, 0) is 6.54 Å². The fourth-order valence-corrected chi connectivity index (χ4v) is 3.43. The largest absolute Gasteiger partial charge is 0.370 e. The lowest BCUT2D eigenvalue weighted by Crippen LogP contribution is -2.66. The van der Waals surface area contributed by atoms with Crippen molar-refractivity contribution < 1.29 is 0 Å². The Morgan fingerprint density at radius 1 is 1.04 bits per heavy atom. The summed E-state index contributed by atoms with van der Waals surface area (Å²) in [5, 5.41) is 3.21. The van der Waals surface area contributed by atoms with Crippen molar-refractivity contribution in [3.63, 3.8) is 0 Å². The summed E-state index contributed by atoms with van der Waals surface area (Å²) in [6.45, 7) is 8.47. The van der Waals surface area contributed by atoms with E-state index in [-0.39, 0.29) is 5.96 Å². The molecule has 1 aromatic carbocycles. The van der Waals surface area contributed by atoms with Gasteiger partial charge in [-0.15, -0.1) is 0 Å². The Morgan fingerprint density at radius 2 is 1.67 bits per heavy atom. The molecule has 10 nitrogen and oxygen atoms in total. The van der Waals surface area contributed by atoms with Gasteiger partial charge in [0.25, 0.3) is 0 Å². The van der Waals surface area contributed by atoms with Gasteiger partial charge in [0.05, 0.1) is 5.66 Å². The van der Waals surface area contributed by atoms with Crippen LogP contribution in [0.25, 0.3) is 0 Å². The third-order valence-electron chi connectivity index (χ3n) is 4.65. The number of benzene rings is 1. The van der Waals surface area contributed by atoms with Gasteiger partial charge in [-0.3, -0.25) is 16.0 Å². The van der Waals surface area contributed by atoms with Crippen molar-refractivity contribution in [1.29, 1.82) is 0 Å². The highest BCUT2D eigenvalue weighted by Gasteiger charge is 2.35. The molecular formula is C17H28N10. The van der Waals surface area contributed by atoms with E-state index < -0.39 is 17.6 Å². The predicted octanol–water partition coefficient (Wildman–Crippen LogP) is -0.430. The molecule has 3 rings (SSSR count). The molecule has 0 saturated carbocycles. The summed E-state index contributed by atoms with van der Waals surface area (Å²) in [5.41, 5.74) is 24.7. The number of guanidine groups is 3. The first-order valence-electron chi connectivity index (χ1n) is 8.72. The second-order valence-electron chi connectivity index (χ2n) is 7.66. The number of nitrogens with one attached hydrogen (secondary N) is 1. The molecule has 2 heterocycles. The summed E-state index contributed by atoms with van der Waals surface area (Å²) < 4.78 is 0. The molecule has 0 aliphatic carbocycles. The van der Waals surface area contributed by atoms with E-state index in [2.05, 4.69) is 20.3 Å². The minimum atomic E-state index is -0.622. The summed E-state index contributed by atoms with van der Waals surface area (Å²) in [7, 11) is 0. The van der Waals surface area contributed by atoms with Gasteiger partial charge in [0.15, 0.2) is 12.2 Å². The second-order valence-corrected chi connectivity index (χ2v) is 7.66. The van der Waals surface area contributed by atoms with Crippen LogP contribution in [0.5, 0.6) is 0 Å². The Bertz CT molecular complexity index is 806. The monoisotopic (exact) mass is 372 g/mol. The number of nitrogens with zero attached hydrogens (tertiary/aromatic N) is 5. The zero-order valence-electron chi connectivity index (χ0n) is 16.1. The number of rotatable bonds is 3. The van der Waals surface area contributed by atoms with Gasteiger partial charge < -0.3 is 22.1 Å². The van der Waals surface area contributed by atoms with Gasteiger partial charge in [-0.1, -0.05) is 12.1 Å². The Balaban J connectivity index is 1.82. The minimum Gasteiger partial charge on any atom is -0.370 e. The molecule has 146 valence electrons. The van der Waals surface area contributed by atoms with E-state index in [1.807, 2.05) is 61.8 Å². The van der Waals surface area contributed by atoms with Crippen molar-refractivity contribution >= 4 is 23.6 Å². The van der Waals surface area contributed by atoms with Crippen LogP contribution in [0.2, 0.25) is 0 Å². The minimum absolute atomic E-state index is 0.179. The molecule has 0 fully saturated rings. The van der Waals surface area contributed by atoms with E-state index >= 15 is 0 Å². The average Bonchev–Trinajstić information content (AvgIpc) is 2.49. The van der Waals surface area contributed by atoms with Gasteiger partial charge in [0, 0.05) is 12.2 Å². The van der Waals surface area contributed by atoms with Crippen LogP contribution in [0.15, 0.2) is 39.2 Å². The SMILES string of the molecule is CC1(C)N=C(N)N=C(N)N1c1ccc(CN2C(N)=NC(N)NC2(C)C)cc1. The highest BCUT2D eigenvalue weighted by Crippen LogP contribution is 2.28. The lowest BCUT2D eigenvalue weighted by molar-refractivity contribution is 0.124. The lowest BCUT2D eigenvalue weighted by atomic mass is 10.1. The molecule has 0 bridgehead atoms. The van der Waals surface area contributed by atoms with Crippen LogP contribution in [0.3, 0.4) is 0 Å². The fourth-order valence-electron chi connectivity index (χ4n) is 3.43. The Labute approximate surface area is 159 Å². The van der Waals surface area contributed by atoms with Crippen molar-refractivity contribution in [2.75, 3.05) is 4.90 Å². The maximum Gasteiger partial charge on any atom is 0.220 e. The first kappa shape index (κ1) is 18.9. The number of hydrogen-bond acceptors (Lipinski definition) is 10. The van der Waals surface area contributed by atoms with Crippen molar-refractivity contribution in [3.8, 4) is 0 Å². The highest BCUT2D eigenvalue weighted by atomic mass is 15.5. The van der Waals surface area contributed by atoms with E-state index in [9.17, 15) is 0 Å². The maximum absolute atomic E-state index is 6.10. The molecule has 0 saturated heterocycles. The highest BCUT2D eigenvalue weighted by molar-refractivity contribution is 6.05. The van der Waals surface area contributed by atoms with Gasteiger partial charge in [0.2, 0.25) is 11.9 Å². The third kappa shape index (κ3) is 3.67. The quantitative estimate of drug-likeness (QED) is 0.481. The summed E-state index contributed by atoms with van der Waals surface area (Å²) >= 11 is 0. The number of anilines is 1. The van der Waals surface area contributed by atoms with Crippen LogP contribution < -0.4 is 33.2 Å². The van der Waals surface area contributed by atoms with Crippen molar-refractivity contribution in [3.05, 3.63) is 29.8 Å². The van der Waals surface area contributed by atoms with E-state index in [1.165, 1.54) is 0 Å². The standard InChI is InChI=1S/C17H28N10/c1-16(2)24-12(18)22-14(20)26(16)9-10-5-7-11(8-6-10)27-15(21)23-13(19)25-17(27,3)4/h5-8,12,24H,9,18H2,1-4H3,(H2,20,22)(H4,19,21,23,25). The van der Waals surface area contributed by atoms with Crippen LogP contribution in [0.4, 0.5) is 5.69 Å². The van der Waals surface area contributed by atoms with Crippen molar-refractivity contribution in [2.24, 2.45) is 37.9 Å². The first-order valence-corrected chi connectivity index (χ1v) is 8.72. The zero-order valence-corrected chi connectivity index (χ0v) is 16.1. The van der Waals surface area contributed by atoms with Crippen LogP contribution >= 0.6 is 0 Å². The molecule has 2 aliphatic rings. The zero-order chi connectivity index (χ0) is 20.0. The number of aliphatic imine (C=N–C) groups is 3. The molecule has 0 amide bonds. The predicted molar refractivity (Wildman–Crippen MR) is 109 cm³/mol. The van der Waals surface area contributed by atoms with Crippen molar-refractivity contribution in [1.82, 2.24) is 10.2 Å². The van der Waals surface area contributed by atoms with Gasteiger partial charge in [-0.2, -0.15) is 4.99 Å². The first-order chi connectivity index (χ1) is 12.5. The molecule has 1 aromatic rings. The van der Waals surface area contributed by atoms with Crippen LogP contribution in [0.1, 0.15) is 33.3 Å². The fraction of sp³-hybridized carbons (Fsp3) is 0.471. The van der Waals surface area contributed by atoms with Crippen LogP contribution in [-0.4, -0.2) is 40.4 Å². The molecule has 9 N–H and O–H groups in total. The van der Waals surface area contributed by atoms with Crippen LogP contribution in [0, 0.1) is 0 Å². The molecule has 0 radical (unpaired) electrons. The topological polar surface area (TPSA) is 160 Å². The lowest BCUT2D eigenvalue weighted by Gasteiger charge is -2.44. The normalized spacial score (nSPS) is 24.2. The molecule has 1 atom stereocenters. The Morgan fingerprint density at radius 3 is 2.22 bits per heavy atom. The molecule has 1 unspecified atom stereocenters. The van der Waals surface area contributed by atoms with Crippen molar-refractivity contribution in [2.45, 2.75) is 51.9 Å². The molecule has 0 aromatic heterocycles. The molecule has 0 spiro atoms. The Kier molecular flexibility index (Phi) is 4.48. The second kappa shape index (κ2) is 6.39. The van der Waals surface area contributed by atoms with E-state index in [0.29, 0.717) is 18.5 Å². The van der Waals surface area contributed by atoms with Gasteiger partial charge in [-0.25, -0.2) is 9.98 Å². The third-order valence-corrected chi connectivity index (χ3v) is 4.65. The molecule has 27 heavy (non-hydrogen) atoms. The van der Waals surface area contributed by atoms with Gasteiger partial charge in [-0.05, 0) is 45.4 Å². The number of nitrogens with two attached hydrogens (primary N) is 4. The smallest absolute Gasteiger partial charge is 0.220 e. The van der Waals surface area contributed by atoms with Gasteiger partial charge >= 0.3 is 0 Å². The maximum atomic E-state index is 6.10. The Hall–Kier alpha value is -2.85. The van der Waals surface area contributed by atoms with E-state index in [4.69, 9.17) is 22.9 Å². The summed E-state index contributed by atoms with van der Waals surface area (Å²) in [6, 6.07) is 7.97. The van der Waals surface area contributed by atoms with E-state index in [1.54, 1.807) is 0 Å². The number of hydrogen-bond donors (Lipinski definition) is 5. The summed E-state index contributed by atoms with van der Waals surface area (Å²) in [6.07, 6.45) is -0.504. The molecule has 2 aliphatic heterocycles. The average molecular weight is 372 g/mol. The summed E-state index contributed by atoms with van der Waals surface area (Å²) in [4.78, 5) is 16.5. The van der Waals surface area contributed by atoms with Gasteiger partial charge in [0.1, 0.15) is 5.66 Å². The van der Waals surface area contributed by atoms with E-state index in [0.717, 1.165) is 11.3 Å².